The molecule has 0 fully saturated rings. The van der Waals surface area contributed by atoms with E-state index in [2.05, 4.69) is 114 Å². The van der Waals surface area contributed by atoms with Crippen LogP contribution >= 0.6 is 0 Å². The van der Waals surface area contributed by atoms with Gasteiger partial charge in [-0.25, -0.2) is 15.0 Å². The minimum atomic E-state index is 0.637. The van der Waals surface area contributed by atoms with Crippen LogP contribution < -0.4 is 0 Å². The molecule has 10 aromatic rings. The zero-order valence-electron chi connectivity index (χ0n) is 26.5. The number of aromatic nitrogens is 4. The molecule has 2 heterocycles. The van der Waals surface area contributed by atoms with Gasteiger partial charge in [-0.2, -0.15) is 0 Å². The van der Waals surface area contributed by atoms with Crippen molar-refractivity contribution < 1.29 is 0 Å². The van der Waals surface area contributed by atoms with Crippen molar-refractivity contribution in [3.05, 3.63) is 170 Å². The first-order chi connectivity index (χ1) is 24.3. The molecular formula is C45H28N4. The van der Waals surface area contributed by atoms with Crippen LogP contribution in [-0.2, 0) is 0 Å². The van der Waals surface area contributed by atoms with Crippen LogP contribution in [0, 0.1) is 0 Å². The van der Waals surface area contributed by atoms with Gasteiger partial charge in [0.2, 0.25) is 0 Å². The lowest BCUT2D eigenvalue weighted by molar-refractivity contribution is 1.07. The van der Waals surface area contributed by atoms with Crippen molar-refractivity contribution in [3.63, 3.8) is 0 Å². The molecule has 0 saturated heterocycles. The predicted octanol–water partition coefficient (Wildman–Crippen LogP) is 11.4. The molecule has 0 bridgehead atoms. The van der Waals surface area contributed by atoms with Crippen LogP contribution in [0.4, 0.5) is 0 Å². The fourth-order valence-electron chi connectivity index (χ4n) is 7.46. The van der Waals surface area contributed by atoms with E-state index in [0.717, 1.165) is 33.4 Å². The minimum Gasteiger partial charge on any atom is -0.309 e. The molecule has 4 nitrogen and oxygen atoms in total. The maximum absolute atomic E-state index is 5.03. The second kappa shape index (κ2) is 11.0. The van der Waals surface area contributed by atoms with Crippen molar-refractivity contribution in [1.82, 2.24) is 19.5 Å². The first-order valence-electron chi connectivity index (χ1n) is 16.5. The molecule has 0 radical (unpaired) electrons. The van der Waals surface area contributed by atoms with E-state index in [4.69, 9.17) is 15.0 Å². The van der Waals surface area contributed by atoms with Gasteiger partial charge in [0.25, 0.3) is 0 Å². The number of rotatable bonds is 4. The number of hydrogen-bond donors (Lipinski definition) is 0. The van der Waals surface area contributed by atoms with Crippen molar-refractivity contribution in [1.29, 1.82) is 0 Å². The van der Waals surface area contributed by atoms with E-state index < -0.39 is 0 Å². The molecule has 10 rings (SSSR count). The monoisotopic (exact) mass is 624 g/mol. The Bertz CT molecular complexity index is 2700. The number of hydrogen-bond acceptors (Lipinski definition) is 3. The molecule has 0 aliphatic heterocycles. The average molecular weight is 625 g/mol. The van der Waals surface area contributed by atoms with Crippen molar-refractivity contribution >= 4 is 54.1 Å². The third-order valence-corrected chi connectivity index (χ3v) is 9.60. The molecule has 0 spiro atoms. The quantitative estimate of drug-likeness (QED) is 0.196. The Balaban J connectivity index is 1.27. The van der Waals surface area contributed by atoms with Gasteiger partial charge in [0.05, 0.1) is 11.0 Å². The highest BCUT2D eigenvalue weighted by atomic mass is 15.0. The summed E-state index contributed by atoms with van der Waals surface area (Å²) in [7, 11) is 0. The van der Waals surface area contributed by atoms with Gasteiger partial charge in [-0.15, -0.1) is 0 Å². The molecule has 0 unspecified atom stereocenters. The first-order valence-corrected chi connectivity index (χ1v) is 16.5. The van der Waals surface area contributed by atoms with Gasteiger partial charge in [-0.05, 0) is 56.6 Å². The van der Waals surface area contributed by atoms with E-state index in [9.17, 15) is 0 Å². The van der Waals surface area contributed by atoms with Gasteiger partial charge >= 0.3 is 0 Å². The Kier molecular flexibility index (Phi) is 6.15. The van der Waals surface area contributed by atoms with Crippen molar-refractivity contribution in [3.8, 4) is 39.9 Å². The molecule has 0 saturated carbocycles. The lowest BCUT2D eigenvalue weighted by atomic mass is 9.95. The van der Waals surface area contributed by atoms with Crippen LogP contribution in [-0.4, -0.2) is 19.5 Å². The van der Waals surface area contributed by atoms with Gasteiger partial charge in [-0.1, -0.05) is 146 Å². The Hall–Kier alpha value is -6.65. The van der Waals surface area contributed by atoms with Gasteiger partial charge in [-0.3, -0.25) is 0 Å². The minimum absolute atomic E-state index is 0.637. The smallest absolute Gasteiger partial charge is 0.164 e. The van der Waals surface area contributed by atoms with Crippen LogP contribution in [0.1, 0.15) is 0 Å². The van der Waals surface area contributed by atoms with E-state index in [1.54, 1.807) is 0 Å². The summed E-state index contributed by atoms with van der Waals surface area (Å²) in [6.45, 7) is 0. The van der Waals surface area contributed by atoms with Gasteiger partial charge < -0.3 is 4.57 Å². The third-order valence-electron chi connectivity index (χ3n) is 9.60. The fraction of sp³-hybridized carbons (Fsp3) is 0. The molecule has 0 aliphatic rings. The van der Waals surface area contributed by atoms with E-state index in [1.165, 1.54) is 43.1 Å². The van der Waals surface area contributed by atoms with Crippen molar-refractivity contribution in [2.75, 3.05) is 0 Å². The Morgan fingerprint density at radius 3 is 1.16 bits per heavy atom. The fourth-order valence-corrected chi connectivity index (χ4v) is 7.46. The maximum Gasteiger partial charge on any atom is 0.164 e. The lowest BCUT2D eigenvalue weighted by Crippen LogP contribution is -2.01. The molecular weight excluding hydrogens is 597 g/mol. The molecule has 0 atom stereocenters. The van der Waals surface area contributed by atoms with Crippen molar-refractivity contribution in [2.45, 2.75) is 0 Å². The average Bonchev–Trinajstić information content (AvgIpc) is 3.53. The van der Waals surface area contributed by atoms with Crippen LogP contribution in [0.15, 0.2) is 170 Å². The Morgan fingerprint density at radius 1 is 0.306 bits per heavy atom. The molecule has 0 amide bonds. The SMILES string of the molecule is c1ccc(-c2nc(-c3ccccc3)nc(-c3cccc(-n4c5cccc6c7ccccc7c7ccccc7c7cccc4c7c65)c3)n2)cc1. The van der Waals surface area contributed by atoms with E-state index in [1.807, 2.05) is 60.7 Å². The van der Waals surface area contributed by atoms with Crippen LogP contribution in [0.2, 0.25) is 0 Å². The van der Waals surface area contributed by atoms with E-state index >= 15 is 0 Å². The summed E-state index contributed by atoms with van der Waals surface area (Å²) in [5.41, 5.74) is 6.21. The summed E-state index contributed by atoms with van der Waals surface area (Å²) in [5, 5.41) is 10.0. The van der Waals surface area contributed by atoms with Gasteiger partial charge in [0.15, 0.2) is 17.5 Å². The number of benzene rings is 7. The molecule has 8 aromatic carbocycles. The van der Waals surface area contributed by atoms with E-state index in [0.29, 0.717) is 17.5 Å². The number of nitrogens with zero attached hydrogens (tertiary/aromatic N) is 4. The molecule has 2 aromatic heterocycles. The summed E-state index contributed by atoms with van der Waals surface area (Å²) >= 11 is 0. The lowest BCUT2D eigenvalue weighted by Gasteiger charge is -2.11. The molecule has 0 N–H and O–H groups in total. The second-order valence-corrected chi connectivity index (χ2v) is 12.4. The molecule has 0 aliphatic carbocycles. The summed E-state index contributed by atoms with van der Waals surface area (Å²) in [6, 6.07) is 59.8. The highest BCUT2D eigenvalue weighted by molar-refractivity contribution is 6.33. The maximum atomic E-state index is 5.03. The van der Waals surface area contributed by atoms with Crippen LogP contribution in [0.25, 0.3) is 94.0 Å². The van der Waals surface area contributed by atoms with Gasteiger partial charge in [0.1, 0.15) is 0 Å². The largest absolute Gasteiger partial charge is 0.309 e. The zero-order chi connectivity index (χ0) is 32.3. The van der Waals surface area contributed by atoms with Crippen LogP contribution in [0.5, 0.6) is 0 Å². The number of fused-ring (bicyclic) bond motifs is 5. The molecule has 228 valence electrons. The summed E-state index contributed by atoms with van der Waals surface area (Å²) < 4.78 is 2.40. The predicted molar refractivity (Wildman–Crippen MR) is 203 cm³/mol. The Morgan fingerprint density at radius 2 is 0.673 bits per heavy atom. The molecule has 49 heavy (non-hydrogen) atoms. The summed E-state index contributed by atoms with van der Waals surface area (Å²) in [4.78, 5) is 15.0. The Labute approximate surface area is 282 Å². The highest BCUT2D eigenvalue weighted by Crippen LogP contribution is 2.43. The summed E-state index contributed by atoms with van der Waals surface area (Å²) in [5.74, 6) is 1.94. The summed E-state index contributed by atoms with van der Waals surface area (Å²) in [6.07, 6.45) is 0. The second-order valence-electron chi connectivity index (χ2n) is 12.4. The zero-order valence-corrected chi connectivity index (χ0v) is 26.5. The van der Waals surface area contributed by atoms with Gasteiger partial charge in [0, 0.05) is 33.2 Å². The third kappa shape index (κ3) is 4.35. The normalized spacial score (nSPS) is 11.7. The topological polar surface area (TPSA) is 43.6 Å². The van der Waals surface area contributed by atoms with E-state index in [-0.39, 0.29) is 0 Å². The standard InChI is InChI=1S/C45H28N4/c1-3-14-29(15-4-1)43-46-44(30-16-5-2-6-17-30)48-45(47-43)31-18-11-19-32(28-31)49-39-26-12-24-37-35-22-9-7-20-33(35)34-21-8-10-23-36(34)38-25-13-27-40(49)42(38)41(37)39/h1-28H. The van der Waals surface area contributed by atoms with Crippen molar-refractivity contribution in [2.24, 2.45) is 0 Å². The molecule has 4 heteroatoms. The van der Waals surface area contributed by atoms with Crippen LogP contribution in [0.3, 0.4) is 0 Å². The first kappa shape index (κ1) is 27.5. The highest BCUT2D eigenvalue weighted by Gasteiger charge is 2.19.